The molecule has 1 amide bonds. The van der Waals surface area contributed by atoms with Gasteiger partial charge in [0.25, 0.3) is 0 Å². The van der Waals surface area contributed by atoms with Crippen LogP contribution in [-0.2, 0) is 11.3 Å². The first-order valence-corrected chi connectivity index (χ1v) is 5.56. The maximum absolute atomic E-state index is 11.2. The Morgan fingerprint density at radius 2 is 2.31 bits per heavy atom. The Morgan fingerprint density at radius 3 is 2.75 bits per heavy atom. The van der Waals surface area contributed by atoms with E-state index in [1.165, 1.54) is 0 Å². The van der Waals surface area contributed by atoms with Crippen molar-refractivity contribution in [3.8, 4) is 0 Å². The van der Waals surface area contributed by atoms with Gasteiger partial charge < -0.3 is 16.0 Å². The third-order valence-electron chi connectivity index (χ3n) is 3.07. The maximum atomic E-state index is 11.2. The standard InChI is InChI=1S/C11H20N4O/c1-3-11(13,10(12)16)5-4-7-15-8-6-14-9(15)2/h6,8H,3-5,7,13H2,1-2H3,(H2,12,16). The second-order valence-corrected chi connectivity index (χ2v) is 4.15. The number of imidazole rings is 1. The summed E-state index contributed by atoms with van der Waals surface area (Å²) in [6.07, 6.45) is 5.69. The SMILES string of the molecule is CCC(N)(CCCn1ccnc1C)C(N)=O. The molecule has 0 fully saturated rings. The van der Waals surface area contributed by atoms with Crippen molar-refractivity contribution in [3.05, 3.63) is 18.2 Å². The summed E-state index contributed by atoms with van der Waals surface area (Å²) in [4.78, 5) is 15.3. The highest BCUT2D eigenvalue weighted by atomic mass is 16.1. The zero-order chi connectivity index (χ0) is 12.2. The van der Waals surface area contributed by atoms with Gasteiger partial charge in [-0.05, 0) is 26.2 Å². The van der Waals surface area contributed by atoms with Crippen molar-refractivity contribution in [1.82, 2.24) is 9.55 Å². The van der Waals surface area contributed by atoms with E-state index in [0.717, 1.165) is 18.8 Å². The molecule has 1 aromatic heterocycles. The van der Waals surface area contributed by atoms with Crippen LogP contribution in [0.4, 0.5) is 0 Å². The smallest absolute Gasteiger partial charge is 0.237 e. The topological polar surface area (TPSA) is 86.9 Å². The van der Waals surface area contributed by atoms with E-state index in [1.807, 2.05) is 24.6 Å². The summed E-state index contributed by atoms with van der Waals surface area (Å²) in [7, 11) is 0. The number of aryl methyl sites for hydroxylation is 2. The minimum Gasteiger partial charge on any atom is -0.368 e. The van der Waals surface area contributed by atoms with Gasteiger partial charge in [0.05, 0.1) is 5.54 Å². The van der Waals surface area contributed by atoms with Crippen LogP contribution in [0.2, 0.25) is 0 Å². The first-order valence-electron chi connectivity index (χ1n) is 5.56. The Bertz CT molecular complexity index is 361. The monoisotopic (exact) mass is 224 g/mol. The summed E-state index contributed by atoms with van der Waals surface area (Å²) in [5, 5.41) is 0. The van der Waals surface area contributed by atoms with E-state index < -0.39 is 11.4 Å². The van der Waals surface area contributed by atoms with Gasteiger partial charge in [-0.3, -0.25) is 4.79 Å². The number of carbonyl (C=O) groups excluding carboxylic acids is 1. The molecule has 5 heteroatoms. The molecule has 0 aliphatic rings. The van der Waals surface area contributed by atoms with Crippen LogP contribution in [-0.4, -0.2) is 21.0 Å². The van der Waals surface area contributed by atoms with Crippen molar-refractivity contribution in [2.24, 2.45) is 11.5 Å². The molecular formula is C11H20N4O. The number of rotatable bonds is 6. The number of amides is 1. The third-order valence-corrected chi connectivity index (χ3v) is 3.07. The molecule has 0 radical (unpaired) electrons. The van der Waals surface area contributed by atoms with Crippen LogP contribution in [0.15, 0.2) is 12.4 Å². The second kappa shape index (κ2) is 5.12. The summed E-state index contributed by atoms with van der Waals surface area (Å²) in [6, 6.07) is 0. The van der Waals surface area contributed by atoms with Gasteiger partial charge in [-0.15, -0.1) is 0 Å². The lowest BCUT2D eigenvalue weighted by molar-refractivity contribution is -0.123. The van der Waals surface area contributed by atoms with Crippen LogP contribution < -0.4 is 11.5 Å². The summed E-state index contributed by atoms with van der Waals surface area (Å²) >= 11 is 0. The molecule has 1 aromatic rings. The van der Waals surface area contributed by atoms with Gasteiger partial charge in [0.1, 0.15) is 5.82 Å². The molecule has 1 unspecified atom stereocenters. The third kappa shape index (κ3) is 2.82. The molecular weight excluding hydrogens is 204 g/mol. The van der Waals surface area contributed by atoms with Crippen molar-refractivity contribution in [2.45, 2.75) is 45.2 Å². The predicted octanol–water partition coefficient (Wildman–Crippen LogP) is 0.565. The van der Waals surface area contributed by atoms with Gasteiger partial charge in [0.2, 0.25) is 5.91 Å². The number of primary amides is 1. The Balaban J connectivity index is 2.46. The maximum Gasteiger partial charge on any atom is 0.237 e. The zero-order valence-corrected chi connectivity index (χ0v) is 9.94. The number of hydrogen-bond acceptors (Lipinski definition) is 3. The Hall–Kier alpha value is -1.36. The van der Waals surface area contributed by atoms with E-state index in [2.05, 4.69) is 4.98 Å². The summed E-state index contributed by atoms with van der Waals surface area (Å²) in [5.74, 6) is 0.551. The molecule has 0 saturated carbocycles. The van der Waals surface area contributed by atoms with E-state index >= 15 is 0 Å². The van der Waals surface area contributed by atoms with E-state index in [-0.39, 0.29) is 0 Å². The lowest BCUT2D eigenvalue weighted by Gasteiger charge is -2.24. The molecule has 4 N–H and O–H groups in total. The number of nitrogens with zero attached hydrogens (tertiary/aromatic N) is 2. The van der Waals surface area contributed by atoms with Crippen LogP contribution in [0, 0.1) is 6.92 Å². The van der Waals surface area contributed by atoms with Crippen LogP contribution in [0.3, 0.4) is 0 Å². The van der Waals surface area contributed by atoms with Gasteiger partial charge >= 0.3 is 0 Å². The molecule has 0 bridgehead atoms. The Labute approximate surface area is 95.8 Å². The molecule has 0 aliphatic carbocycles. The largest absolute Gasteiger partial charge is 0.368 e. The number of carbonyl (C=O) groups is 1. The fourth-order valence-corrected chi connectivity index (χ4v) is 1.68. The zero-order valence-electron chi connectivity index (χ0n) is 9.94. The van der Waals surface area contributed by atoms with Crippen molar-refractivity contribution in [2.75, 3.05) is 0 Å². The molecule has 0 aliphatic heterocycles. The van der Waals surface area contributed by atoms with E-state index in [9.17, 15) is 4.79 Å². The highest BCUT2D eigenvalue weighted by Gasteiger charge is 2.28. The summed E-state index contributed by atoms with van der Waals surface area (Å²) in [5.41, 5.74) is 10.3. The van der Waals surface area contributed by atoms with Crippen molar-refractivity contribution < 1.29 is 4.79 Å². The van der Waals surface area contributed by atoms with E-state index in [1.54, 1.807) is 6.20 Å². The minimum atomic E-state index is -0.867. The lowest BCUT2D eigenvalue weighted by Crippen LogP contribution is -2.51. The number of nitrogens with two attached hydrogens (primary N) is 2. The van der Waals surface area contributed by atoms with Gasteiger partial charge in [-0.2, -0.15) is 0 Å². The lowest BCUT2D eigenvalue weighted by atomic mass is 9.91. The molecule has 1 rings (SSSR count). The number of aromatic nitrogens is 2. The van der Waals surface area contributed by atoms with Gasteiger partial charge in [-0.25, -0.2) is 4.98 Å². The van der Waals surface area contributed by atoms with Crippen molar-refractivity contribution in [3.63, 3.8) is 0 Å². The number of hydrogen-bond donors (Lipinski definition) is 2. The molecule has 0 aromatic carbocycles. The van der Waals surface area contributed by atoms with Crippen LogP contribution in [0.1, 0.15) is 32.0 Å². The average molecular weight is 224 g/mol. The normalized spacial score (nSPS) is 14.7. The van der Waals surface area contributed by atoms with Gasteiger partial charge in [-0.1, -0.05) is 6.92 Å². The summed E-state index contributed by atoms with van der Waals surface area (Å²) < 4.78 is 2.04. The summed E-state index contributed by atoms with van der Waals surface area (Å²) in [6.45, 7) is 4.65. The van der Waals surface area contributed by atoms with Crippen molar-refractivity contribution in [1.29, 1.82) is 0 Å². The molecule has 90 valence electrons. The van der Waals surface area contributed by atoms with E-state index in [4.69, 9.17) is 11.5 Å². The average Bonchev–Trinajstić information content (AvgIpc) is 2.64. The van der Waals surface area contributed by atoms with Crippen LogP contribution in [0.5, 0.6) is 0 Å². The molecule has 5 nitrogen and oxygen atoms in total. The fourth-order valence-electron chi connectivity index (χ4n) is 1.68. The molecule has 0 saturated heterocycles. The first-order chi connectivity index (χ1) is 7.49. The molecule has 0 spiro atoms. The Morgan fingerprint density at radius 1 is 1.62 bits per heavy atom. The quantitative estimate of drug-likeness (QED) is 0.740. The van der Waals surface area contributed by atoms with Gasteiger partial charge in [0.15, 0.2) is 0 Å². The van der Waals surface area contributed by atoms with Crippen LogP contribution in [0.25, 0.3) is 0 Å². The predicted molar refractivity (Wildman–Crippen MR) is 62.6 cm³/mol. The first kappa shape index (κ1) is 12.7. The Kier molecular flexibility index (Phi) is 4.06. The molecule has 1 atom stereocenters. The van der Waals surface area contributed by atoms with Gasteiger partial charge in [0, 0.05) is 18.9 Å². The highest BCUT2D eigenvalue weighted by molar-refractivity contribution is 5.84. The molecule has 1 heterocycles. The highest BCUT2D eigenvalue weighted by Crippen LogP contribution is 2.14. The van der Waals surface area contributed by atoms with E-state index in [0.29, 0.717) is 12.8 Å². The van der Waals surface area contributed by atoms with Crippen LogP contribution >= 0.6 is 0 Å². The minimum absolute atomic E-state index is 0.419. The van der Waals surface area contributed by atoms with Crippen molar-refractivity contribution >= 4 is 5.91 Å². The second-order valence-electron chi connectivity index (χ2n) is 4.15. The fraction of sp³-hybridized carbons (Fsp3) is 0.636. The molecule has 16 heavy (non-hydrogen) atoms.